The van der Waals surface area contributed by atoms with Crippen molar-refractivity contribution in [2.75, 3.05) is 6.61 Å². The third kappa shape index (κ3) is 3.93. The Labute approximate surface area is 138 Å². The molecule has 1 aliphatic heterocycles. The van der Waals surface area contributed by atoms with Crippen LogP contribution in [0, 0.1) is 12.3 Å². The Bertz CT molecular complexity index is 648. The van der Waals surface area contributed by atoms with Gasteiger partial charge in [-0.15, -0.1) is 0 Å². The molecule has 0 unspecified atom stereocenters. The molecule has 2 rings (SSSR count). The maximum absolute atomic E-state index is 12.1. The first-order chi connectivity index (χ1) is 10.8. The summed E-state index contributed by atoms with van der Waals surface area (Å²) in [5.41, 5.74) is 0.689. The summed E-state index contributed by atoms with van der Waals surface area (Å²) >= 11 is 0. The van der Waals surface area contributed by atoms with Gasteiger partial charge < -0.3 is 5.32 Å². The molecule has 0 aromatic heterocycles. The van der Waals surface area contributed by atoms with Crippen LogP contribution in [0.15, 0.2) is 29.2 Å². The summed E-state index contributed by atoms with van der Waals surface area (Å²) in [6.45, 7) is 6.01. The first-order valence-electron chi connectivity index (χ1n) is 8.10. The molecular weight excluding hydrogens is 314 g/mol. The summed E-state index contributed by atoms with van der Waals surface area (Å²) in [5, 5.41) is 2.97. The molecule has 0 aliphatic carbocycles. The smallest absolute Gasteiger partial charge is 0.296 e. The number of rotatable bonds is 7. The zero-order chi connectivity index (χ0) is 17.1. The van der Waals surface area contributed by atoms with Crippen LogP contribution in [0.25, 0.3) is 0 Å². The number of carbonyl (C=O) groups excluding carboxylic acids is 1. The minimum absolute atomic E-state index is 0.0179. The van der Waals surface area contributed by atoms with Crippen LogP contribution in [-0.2, 0) is 19.1 Å². The van der Waals surface area contributed by atoms with E-state index >= 15 is 0 Å². The Morgan fingerprint density at radius 1 is 1.22 bits per heavy atom. The Balaban J connectivity index is 1.90. The van der Waals surface area contributed by atoms with Crippen LogP contribution < -0.4 is 5.32 Å². The SMILES string of the molecule is CCC1(CC)C[C@H](CCOS(=O)(=O)c2ccc(C)cc2)NC1=O. The number of benzene rings is 1. The van der Waals surface area contributed by atoms with Crippen molar-refractivity contribution in [2.24, 2.45) is 5.41 Å². The summed E-state index contributed by atoms with van der Waals surface area (Å²) in [6.07, 6.45) is 2.84. The first-order valence-corrected chi connectivity index (χ1v) is 9.51. The lowest BCUT2D eigenvalue weighted by atomic mass is 9.79. The normalized spacial score (nSPS) is 20.5. The monoisotopic (exact) mass is 339 g/mol. The van der Waals surface area contributed by atoms with Gasteiger partial charge in [-0.2, -0.15) is 8.42 Å². The summed E-state index contributed by atoms with van der Waals surface area (Å²) in [6, 6.07) is 6.55. The Morgan fingerprint density at radius 2 is 1.83 bits per heavy atom. The number of carbonyl (C=O) groups is 1. The average molecular weight is 339 g/mol. The molecule has 1 heterocycles. The molecule has 1 aliphatic rings. The molecule has 23 heavy (non-hydrogen) atoms. The van der Waals surface area contributed by atoms with Crippen LogP contribution in [0.3, 0.4) is 0 Å². The number of hydrogen-bond acceptors (Lipinski definition) is 4. The molecule has 1 amide bonds. The van der Waals surface area contributed by atoms with Crippen LogP contribution in [0.5, 0.6) is 0 Å². The highest BCUT2D eigenvalue weighted by atomic mass is 32.2. The molecule has 128 valence electrons. The van der Waals surface area contributed by atoms with Crippen molar-refractivity contribution in [1.82, 2.24) is 5.32 Å². The second kappa shape index (κ2) is 7.01. The molecule has 1 fully saturated rings. The van der Waals surface area contributed by atoms with E-state index in [0.29, 0.717) is 6.42 Å². The standard InChI is InChI=1S/C17H25NO4S/c1-4-17(5-2)12-14(18-16(17)19)10-11-22-23(20,21)15-8-6-13(3)7-9-15/h6-9,14H,4-5,10-12H2,1-3H3,(H,18,19)/t14-/m0/s1. The highest BCUT2D eigenvalue weighted by Crippen LogP contribution is 2.37. The van der Waals surface area contributed by atoms with Crippen molar-refractivity contribution in [3.8, 4) is 0 Å². The van der Waals surface area contributed by atoms with Gasteiger partial charge in [0.2, 0.25) is 5.91 Å². The van der Waals surface area contributed by atoms with Gasteiger partial charge in [-0.25, -0.2) is 0 Å². The molecule has 1 aromatic carbocycles. The van der Waals surface area contributed by atoms with Crippen molar-refractivity contribution in [3.05, 3.63) is 29.8 Å². The molecule has 0 saturated carbocycles. The van der Waals surface area contributed by atoms with Crippen LogP contribution in [-0.4, -0.2) is 27.0 Å². The van der Waals surface area contributed by atoms with Crippen LogP contribution in [0.2, 0.25) is 0 Å². The van der Waals surface area contributed by atoms with Gasteiger partial charge in [0.1, 0.15) is 0 Å². The van der Waals surface area contributed by atoms with Gasteiger partial charge in [-0.1, -0.05) is 31.5 Å². The third-order valence-electron chi connectivity index (χ3n) is 4.82. The average Bonchev–Trinajstić information content (AvgIpc) is 2.84. The third-order valence-corrected chi connectivity index (χ3v) is 6.15. The van der Waals surface area contributed by atoms with Crippen LogP contribution in [0.1, 0.15) is 45.1 Å². The molecule has 1 N–H and O–H groups in total. The largest absolute Gasteiger partial charge is 0.353 e. The van der Waals surface area contributed by atoms with Crippen LogP contribution in [0.4, 0.5) is 0 Å². The predicted molar refractivity (Wildman–Crippen MR) is 88.5 cm³/mol. The van der Waals surface area contributed by atoms with E-state index in [1.165, 1.54) is 0 Å². The van der Waals surface area contributed by atoms with E-state index in [0.717, 1.165) is 24.8 Å². The predicted octanol–water partition coefficient (Wildman–Crippen LogP) is 2.79. The second-order valence-corrected chi connectivity index (χ2v) is 7.86. The summed E-state index contributed by atoms with van der Waals surface area (Å²) in [4.78, 5) is 12.3. The molecule has 1 saturated heterocycles. The first kappa shape index (κ1) is 17.9. The zero-order valence-corrected chi connectivity index (χ0v) is 14.8. The second-order valence-electron chi connectivity index (χ2n) is 6.24. The van der Waals surface area contributed by atoms with Gasteiger partial charge in [-0.05, 0) is 44.7 Å². The lowest BCUT2D eigenvalue weighted by molar-refractivity contribution is -0.128. The highest BCUT2D eigenvalue weighted by Gasteiger charge is 2.43. The summed E-state index contributed by atoms with van der Waals surface area (Å²) < 4.78 is 29.3. The van der Waals surface area contributed by atoms with E-state index in [1.54, 1.807) is 24.3 Å². The van der Waals surface area contributed by atoms with Gasteiger partial charge in [0.05, 0.1) is 16.9 Å². The van der Waals surface area contributed by atoms with E-state index in [4.69, 9.17) is 4.18 Å². The number of amides is 1. The molecule has 0 radical (unpaired) electrons. The fourth-order valence-electron chi connectivity index (χ4n) is 3.06. The quantitative estimate of drug-likeness (QED) is 0.775. The van der Waals surface area contributed by atoms with E-state index in [1.807, 2.05) is 20.8 Å². The Hall–Kier alpha value is -1.40. The Morgan fingerprint density at radius 3 is 2.35 bits per heavy atom. The molecular formula is C17H25NO4S. The van der Waals surface area contributed by atoms with Gasteiger partial charge in [-0.3, -0.25) is 8.98 Å². The lowest BCUT2D eigenvalue weighted by Gasteiger charge is -2.22. The molecule has 1 atom stereocenters. The van der Waals surface area contributed by atoms with Gasteiger partial charge in [0.25, 0.3) is 10.1 Å². The maximum Gasteiger partial charge on any atom is 0.296 e. The highest BCUT2D eigenvalue weighted by molar-refractivity contribution is 7.86. The zero-order valence-electron chi connectivity index (χ0n) is 14.0. The van der Waals surface area contributed by atoms with E-state index < -0.39 is 10.1 Å². The number of nitrogens with one attached hydrogen (secondary N) is 1. The topological polar surface area (TPSA) is 72.5 Å². The summed E-state index contributed by atoms with van der Waals surface area (Å²) in [7, 11) is -3.73. The summed E-state index contributed by atoms with van der Waals surface area (Å²) in [5.74, 6) is 0.0777. The van der Waals surface area contributed by atoms with Crippen LogP contribution >= 0.6 is 0 Å². The fourth-order valence-corrected chi connectivity index (χ4v) is 3.98. The van der Waals surface area contributed by atoms with Crippen molar-refractivity contribution in [2.45, 2.75) is 57.4 Å². The van der Waals surface area contributed by atoms with Gasteiger partial charge >= 0.3 is 0 Å². The molecule has 6 heteroatoms. The van der Waals surface area contributed by atoms with Crippen molar-refractivity contribution < 1.29 is 17.4 Å². The molecule has 1 aromatic rings. The number of aryl methyl sites for hydroxylation is 1. The van der Waals surface area contributed by atoms with Gasteiger partial charge in [0, 0.05) is 6.04 Å². The maximum atomic E-state index is 12.1. The molecule has 0 spiro atoms. The minimum Gasteiger partial charge on any atom is -0.353 e. The van der Waals surface area contributed by atoms with Crippen molar-refractivity contribution >= 4 is 16.0 Å². The lowest BCUT2D eigenvalue weighted by Crippen LogP contribution is -2.31. The van der Waals surface area contributed by atoms with E-state index in [9.17, 15) is 13.2 Å². The molecule has 0 bridgehead atoms. The van der Waals surface area contributed by atoms with E-state index in [-0.39, 0.29) is 28.9 Å². The fraction of sp³-hybridized carbons (Fsp3) is 0.588. The minimum atomic E-state index is -3.73. The van der Waals surface area contributed by atoms with Gasteiger partial charge in [0.15, 0.2) is 0 Å². The molecule has 5 nitrogen and oxygen atoms in total. The van der Waals surface area contributed by atoms with Crippen molar-refractivity contribution in [1.29, 1.82) is 0 Å². The number of hydrogen-bond donors (Lipinski definition) is 1. The van der Waals surface area contributed by atoms with E-state index in [2.05, 4.69) is 5.32 Å². The Kier molecular flexibility index (Phi) is 5.47. The van der Waals surface area contributed by atoms with Crippen molar-refractivity contribution in [3.63, 3.8) is 0 Å².